The topological polar surface area (TPSA) is 118 Å². The normalized spacial score (nSPS) is 17.2. The highest BCUT2D eigenvalue weighted by molar-refractivity contribution is 5.99. The minimum atomic E-state index is -4.87. The maximum absolute atomic E-state index is 12.8. The van der Waals surface area contributed by atoms with Crippen LogP contribution in [0.2, 0.25) is 0 Å². The van der Waals surface area contributed by atoms with E-state index in [0.29, 0.717) is 16.8 Å². The van der Waals surface area contributed by atoms with Crippen molar-refractivity contribution in [2.45, 2.75) is 24.9 Å². The summed E-state index contributed by atoms with van der Waals surface area (Å²) in [5.74, 6) is -1.18. The summed E-state index contributed by atoms with van der Waals surface area (Å²) < 4.78 is 47.1. The summed E-state index contributed by atoms with van der Waals surface area (Å²) in [5, 5.41) is 10.1. The molecule has 0 unspecified atom stereocenters. The third-order valence-corrected chi connectivity index (χ3v) is 5.42. The number of carbonyl (C=O) groups is 2. The van der Waals surface area contributed by atoms with E-state index in [-0.39, 0.29) is 43.2 Å². The number of benzene rings is 2. The maximum Gasteiger partial charge on any atom is 0.573 e. The van der Waals surface area contributed by atoms with E-state index in [9.17, 15) is 22.8 Å². The zero-order valence-electron chi connectivity index (χ0n) is 16.7. The Labute approximate surface area is 180 Å². The summed E-state index contributed by atoms with van der Waals surface area (Å²) in [6, 6.07) is 8.03. The van der Waals surface area contributed by atoms with E-state index in [1.807, 2.05) is 0 Å². The van der Waals surface area contributed by atoms with Crippen molar-refractivity contribution in [1.29, 1.82) is 5.41 Å². The number of anilines is 1. The lowest BCUT2D eigenvalue weighted by molar-refractivity contribution is -0.274. The van der Waals surface area contributed by atoms with Crippen LogP contribution in [-0.2, 0) is 0 Å². The molecule has 0 bridgehead atoms. The number of hydrogen-bond acceptors (Lipinski definition) is 6. The number of nitrogens with two attached hydrogens (primary N) is 1. The second-order valence-corrected chi connectivity index (χ2v) is 7.54. The summed E-state index contributed by atoms with van der Waals surface area (Å²) in [6.07, 6.45) is -3.22. The van der Waals surface area contributed by atoms with Crippen molar-refractivity contribution >= 4 is 23.7 Å². The van der Waals surface area contributed by atoms with Gasteiger partial charge >= 0.3 is 6.36 Å². The van der Waals surface area contributed by atoms with Crippen molar-refractivity contribution in [3.63, 3.8) is 0 Å². The van der Waals surface area contributed by atoms with Crippen molar-refractivity contribution in [1.82, 2.24) is 10.2 Å². The van der Waals surface area contributed by atoms with Gasteiger partial charge < -0.3 is 30.8 Å². The molecule has 2 aromatic rings. The van der Waals surface area contributed by atoms with Gasteiger partial charge in [-0.25, -0.2) is 0 Å². The van der Waals surface area contributed by atoms with Crippen molar-refractivity contribution in [2.24, 2.45) is 0 Å². The van der Waals surface area contributed by atoms with Crippen LogP contribution < -0.4 is 20.5 Å². The summed E-state index contributed by atoms with van der Waals surface area (Å²) in [6.45, 7) is 0.571. The van der Waals surface area contributed by atoms with Gasteiger partial charge in [-0.05, 0) is 36.4 Å². The predicted octanol–water partition coefficient (Wildman–Crippen LogP) is 2.92. The van der Waals surface area contributed by atoms with Crippen LogP contribution in [0, 0.1) is 5.41 Å². The van der Waals surface area contributed by atoms with E-state index in [4.69, 9.17) is 15.9 Å². The molecule has 2 aliphatic rings. The maximum atomic E-state index is 12.8. The highest BCUT2D eigenvalue weighted by Crippen LogP contribution is 2.36. The molecule has 2 heterocycles. The molecule has 1 fully saturated rings. The SMILES string of the molecule is N=Cc1cc(C(=O)N2CCC3(CC2)NC(=O)c2cc(OC(F)(F)F)ccc2O3)ccc1N. The number of nitrogens with one attached hydrogen (secondary N) is 2. The Kier molecular flexibility index (Phi) is 5.19. The molecule has 32 heavy (non-hydrogen) atoms. The summed E-state index contributed by atoms with van der Waals surface area (Å²) in [7, 11) is 0. The van der Waals surface area contributed by atoms with Crippen molar-refractivity contribution in [3.05, 3.63) is 53.1 Å². The number of piperidine rings is 1. The van der Waals surface area contributed by atoms with Gasteiger partial charge in [0.15, 0.2) is 5.72 Å². The molecule has 2 aromatic carbocycles. The molecular weight excluding hydrogens is 429 g/mol. The zero-order chi connectivity index (χ0) is 23.1. The first kappa shape index (κ1) is 21.5. The van der Waals surface area contributed by atoms with Crippen molar-refractivity contribution < 1.29 is 32.2 Å². The Bertz CT molecular complexity index is 1090. The van der Waals surface area contributed by atoms with E-state index in [1.165, 1.54) is 6.07 Å². The predicted molar refractivity (Wildman–Crippen MR) is 108 cm³/mol. The Morgan fingerprint density at radius 3 is 2.59 bits per heavy atom. The average molecular weight is 448 g/mol. The molecule has 0 radical (unpaired) electrons. The molecule has 8 nitrogen and oxygen atoms in total. The van der Waals surface area contributed by atoms with Gasteiger partial charge in [-0.2, -0.15) is 0 Å². The van der Waals surface area contributed by atoms with E-state index in [2.05, 4.69) is 10.1 Å². The number of fused-ring (bicyclic) bond motifs is 1. The van der Waals surface area contributed by atoms with Crippen LogP contribution >= 0.6 is 0 Å². The fourth-order valence-electron chi connectivity index (χ4n) is 3.80. The van der Waals surface area contributed by atoms with Gasteiger partial charge in [0.05, 0.1) is 5.56 Å². The Balaban J connectivity index is 1.46. The molecule has 4 rings (SSSR count). The van der Waals surface area contributed by atoms with E-state index >= 15 is 0 Å². The largest absolute Gasteiger partial charge is 0.573 e. The summed E-state index contributed by atoms with van der Waals surface area (Å²) in [4.78, 5) is 27.0. The van der Waals surface area contributed by atoms with Crippen molar-refractivity contribution in [2.75, 3.05) is 18.8 Å². The molecule has 2 amide bonds. The smallest absolute Gasteiger partial charge is 0.467 e. The number of halogens is 3. The van der Waals surface area contributed by atoms with Crippen LogP contribution in [0.5, 0.6) is 11.5 Å². The van der Waals surface area contributed by atoms with Crippen LogP contribution in [0.3, 0.4) is 0 Å². The summed E-state index contributed by atoms with van der Waals surface area (Å²) in [5.41, 5.74) is 5.88. The number of amides is 2. The molecule has 168 valence electrons. The molecule has 0 aromatic heterocycles. The average Bonchev–Trinajstić information content (AvgIpc) is 2.74. The Hall–Kier alpha value is -3.76. The third kappa shape index (κ3) is 4.18. The molecule has 1 saturated heterocycles. The molecule has 0 saturated carbocycles. The van der Waals surface area contributed by atoms with Crippen LogP contribution in [0.4, 0.5) is 18.9 Å². The number of rotatable bonds is 3. The molecule has 11 heteroatoms. The van der Waals surface area contributed by atoms with Crippen LogP contribution in [0.1, 0.15) is 39.1 Å². The lowest BCUT2D eigenvalue weighted by Gasteiger charge is -2.44. The van der Waals surface area contributed by atoms with Gasteiger partial charge in [0.1, 0.15) is 11.5 Å². The number of hydrogen-bond donors (Lipinski definition) is 3. The van der Waals surface area contributed by atoms with Gasteiger partial charge in [-0.3, -0.25) is 9.59 Å². The van der Waals surface area contributed by atoms with Gasteiger partial charge in [-0.15, -0.1) is 13.2 Å². The quantitative estimate of drug-likeness (QED) is 0.493. The van der Waals surface area contributed by atoms with E-state index in [1.54, 1.807) is 23.1 Å². The number of nitrogens with zero attached hydrogens (tertiary/aromatic N) is 1. The van der Waals surface area contributed by atoms with Crippen molar-refractivity contribution in [3.8, 4) is 11.5 Å². The fourth-order valence-corrected chi connectivity index (χ4v) is 3.80. The summed E-state index contributed by atoms with van der Waals surface area (Å²) >= 11 is 0. The number of alkyl halides is 3. The van der Waals surface area contributed by atoms with Gasteiger partial charge in [0.25, 0.3) is 11.8 Å². The second-order valence-electron chi connectivity index (χ2n) is 7.54. The Morgan fingerprint density at radius 2 is 1.94 bits per heavy atom. The lowest BCUT2D eigenvalue weighted by Crippen LogP contribution is -2.61. The first-order chi connectivity index (χ1) is 15.1. The first-order valence-electron chi connectivity index (χ1n) is 9.70. The van der Waals surface area contributed by atoms with E-state index in [0.717, 1.165) is 18.3 Å². The molecule has 1 spiro atoms. The Morgan fingerprint density at radius 1 is 1.22 bits per heavy atom. The van der Waals surface area contributed by atoms with Gasteiger partial charge in [0, 0.05) is 49.0 Å². The molecule has 4 N–H and O–H groups in total. The number of carbonyl (C=O) groups excluding carboxylic acids is 2. The van der Waals surface area contributed by atoms with Crippen LogP contribution in [-0.4, -0.2) is 48.1 Å². The lowest BCUT2D eigenvalue weighted by atomic mass is 9.96. The number of likely N-dealkylation sites (tertiary alicyclic amines) is 1. The van der Waals surface area contributed by atoms with Gasteiger partial charge in [-0.1, -0.05) is 0 Å². The highest BCUT2D eigenvalue weighted by Gasteiger charge is 2.43. The van der Waals surface area contributed by atoms with Crippen LogP contribution in [0.25, 0.3) is 0 Å². The van der Waals surface area contributed by atoms with E-state index < -0.39 is 23.7 Å². The highest BCUT2D eigenvalue weighted by atomic mass is 19.4. The number of ether oxygens (including phenoxy) is 2. The van der Waals surface area contributed by atoms with Gasteiger partial charge in [0.2, 0.25) is 0 Å². The number of nitrogen functional groups attached to an aromatic ring is 1. The molecule has 2 aliphatic heterocycles. The monoisotopic (exact) mass is 448 g/mol. The fraction of sp³-hybridized carbons (Fsp3) is 0.286. The minimum absolute atomic E-state index is 0.0584. The standard InChI is InChI=1S/C21H19F3N4O4/c22-21(23,24)31-14-2-4-17-15(10-14)18(29)27-20(32-17)5-7-28(8-6-20)19(30)12-1-3-16(26)13(9-12)11-25/h1-4,9-11,25H,5-8,26H2,(H,27,29). The minimum Gasteiger partial charge on any atom is -0.467 e. The second kappa shape index (κ2) is 7.74. The zero-order valence-corrected chi connectivity index (χ0v) is 16.7. The van der Waals surface area contributed by atoms with Crippen LogP contribution in [0.15, 0.2) is 36.4 Å². The first-order valence-corrected chi connectivity index (χ1v) is 9.70. The molecule has 0 atom stereocenters. The molecular formula is C21H19F3N4O4. The molecule has 0 aliphatic carbocycles. The third-order valence-electron chi connectivity index (χ3n) is 5.42.